The number of rotatable bonds is 4. The van der Waals surface area contributed by atoms with Crippen molar-refractivity contribution in [1.29, 1.82) is 0 Å². The Labute approximate surface area is 146 Å². The minimum Gasteiger partial charge on any atom is -0.477 e. The van der Waals surface area contributed by atoms with Crippen LogP contribution < -0.4 is 10.3 Å². The van der Waals surface area contributed by atoms with Gasteiger partial charge in [0.05, 0.1) is 21.6 Å². The van der Waals surface area contributed by atoms with E-state index >= 15 is 0 Å². The Morgan fingerprint density at radius 2 is 1.92 bits per heavy atom. The highest BCUT2D eigenvalue weighted by molar-refractivity contribution is 8.00. The maximum Gasteiger partial charge on any atom is 0.342 e. The molecule has 1 aromatic heterocycles. The number of anilines is 1. The number of aromatic carboxylic acids is 1. The second-order valence-electron chi connectivity index (χ2n) is 5.89. The topological polar surface area (TPSA) is 103 Å². The summed E-state index contributed by atoms with van der Waals surface area (Å²) in [7, 11) is 0. The van der Waals surface area contributed by atoms with Crippen molar-refractivity contribution < 1.29 is 24.5 Å². The van der Waals surface area contributed by atoms with Crippen LogP contribution in [0.3, 0.4) is 0 Å². The highest BCUT2D eigenvalue weighted by atomic mass is 32.2. The molecule has 25 heavy (non-hydrogen) atoms. The molecule has 0 spiro atoms. The van der Waals surface area contributed by atoms with Crippen LogP contribution in [0.1, 0.15) is 36.5 Å². The summed E-state index contributed by atoms with van der Waals surface area (Å²) in [4.78, 5) is 25.0. The molecule has 0 bridgehead atoms. The molecule has 1 aliphatic heterocycles. The molecule has 2 heterocycles. The van der Waals surface area contributed by atoms with E-state index in [1.165, 1.54) is 31.7 Å². The number of carbonyl (C=O) groups is 1. The van der Waals surface area contributed by atoms with Crippen molar-refractivity contribution in [3.8, 4) is 0 Å². The zero-order valence-corrected chi connectivity index (χ0v) is 14.5. The molecular weight excluding hydrogens is 351 g/mol. The highest BCUT2D eigenvalue weighted by Gasteiger charge is 2.33. The number of carboxylic acids is 1. The molecule has 3 rings (SSSR count). The molecule has 0 amide bonds. The number of aliphatic hydroxyl groups excluding tert-OH is 2. The SMILES string of the molecule is CC(O)N(c1cc2c(cc1F)c(=O)c(C(=O)O)c1n2C(C)S1)C(C)O. The molecule has 9 heteroatoms. The van der Waals surface area contributed by atoms with Gasteiger partial charge in [-0.25, -0.2) is 9.18 Å². The summed E-state index contributed by atoms with van der Waals surface area (Å²) in [6.07, 6.45) is -2.33. The van der Waals surface area contributed by atoms with E-state index in [0.717, 1.165) is 11.0 Å². The lowest BCUT2D eigenvalue weighted by molar-refractivity contribution is 0.0689. The summed E-state index contributed by atoms with van der Waals surface area (Å²) in [6.45, 7) is 4.59. The van der Waals surface area contributed by atoms with Crippen LogP contribution in [0.2, 0.25) is 0 Å². The monoisotopic (exact) mass is 368 g/mol. The van der Waals surface area contributed by atoms with Gasteiger partial charge in [-0.15, -0.1) is 0 Å². The summed E-state index contributed by atoms with van der Waals surface area (Å²) in [5.41, 5.74) is -0.831. The van der Waals surface area contributed by atoms with Gasteiger partial charge in [0.1, 0.15) is 23.8 Å². The van der Waals surface area contributed by atoms with Gasteiger partial charge in [0, 0.05) is 5.39 Å². The normalized spacial score (nSPS) is 18.4. The lowest BCUT2D eigenvalue weighted by Gasteiger charge is -2.34. The van der Waals surface area contributed by atoms with Crippen LogP contribution in [0.5, 0.6) is 0 Å². The van der Waals surface area contributed by atoms with E-state index < -0.39 is 29.7 Å². The molecule has 3 atom stereocenters. The molecule has 0 radical (unpaired) electrons. The molecule has 0 aliphatic carbocycles. The van der Waals surface area contributed by atoms with Gasteiger partial charge in [-0.1, -0.05) is 11.8 Å². The Bertz CT molecular complexity index is 932. The van der Waals surface area contributed by atoms with Crippen molar-refractivity contribution in [1.82, 2.24) is 4.57 Å². The maximum atomic E-state index is 14.6. The average Bonchev–Trinajstić information content (AvgIpc) is 2.47. The highest BCUT2D eigenvalue weighted by Crippen LogP contribution is 2.46. The molecule has 1 aliphatic rings. The minimum atomic E-state index is -1.35. The van der Waals surface area contributed by atoms with E-state index in [1.807, 2.05) is 6.92 Å². The number of halogens is 1. The van der Waals surface area contributed by atoms with Crippen LogP contribution in [0.15, 0.2) is 22.0 Å². The van der Waals surface area contributed by atoms with Crippen LogP contribution in [-0.2, 0) is 0 Å². The largest absolute Gasteiger partial charge is 0.477 e. The number of hydrogen-bond donors (Lipinski definition) is 3. The van der Waals surface area contributed by atoms with Crippen LogP contribution in [0.4, 0.5) is 10.1 Å². The smallest absolute Gasteiger partial charge is 0.342 e. The lowest BCUT2D eigenvalue weighted by Crippen LogP contribution is -2.41. The standard InChI is InChI=1S/C16H17FN2O5S/c1-6(20)18(7(2)21)12-5-11-9(4-10(12)17)14(22)13(16(23)24)15-19(11)8(3)25-15/h4-8,20-21H,1-3H3,(H,23,24). The Kier molecular flexibility index (Phi) is 4.26. The Balaban J connectivity index is 2.38. The fourth-order valence-electron chi connectivity index (χ4n) is 3.14. The Hall–Kier alpha value is -2.10. The third-order valence-corrected chi connectivity index (χ3v) is 5.35. The number of aliphatic hydroxyl groups is 2. The molecular formula is C16H17FN2O5S. The van der Waals surface area contributed by atoms with E-state index in [-0.39, 0.29) is 22.0 Å². The number of thioether (sulfide) groups is 1. The molecule has 1 aromatic carbocycles. The Morgan fingerprint density at radius 1 is 1.32 bits per heavy atom. The molecule has 2 aromatic rings. The van der Waals surface area contributed by atoms with E-state index in [9.17, 15) is 29.3 Å². The van der Waals surface area contributed by atoms with Crippen molar-refractivity contribution in [3.05, 3.63) is 33.7 Å². The summed E-state index contributed by atoms with van der Waals surface area (Å²) < 4.78 is 16.2. The molecule has 0 saturated carbocycles. The van der Waals surface area contributed by atoms with Gasteiger partial charge in [-0.05, 0) is 32.9 Å². The van der Waals surface area contributed by atoms with E-state index in [2.05, 4.69) is 0 Å². The third kappa shape index (κ3) is 2.59. The van der Waals surface area contributed by atoms with Crippen molar-refractivity contribution in [3.63, 3.8) is 0 Å². The van der Waals surface area contributed by atoms with Gasteiger partial charge in [0.2, 0.25) is 5.43 Å². The number of nitrogens with zero attached hydrogens (tertiary/aromatic N) is 2. The lowest BCUT2D eigenvalue weighted by atomic mass is 10.1. The molecule has 0 saturated heterocycles. The number of benzene rings is 1. The summed E-state index contributed by atoms with van der Waals surface area (Å²) in [5, 5.41) is 29.1. The van der Waals surface area contributed by atoms with Crippen molar-refractivity contribution >= 4 is 34.3 Å². The quantitative estimate of drug-likeness (QED) is 0.709. The average molecular weight is 368 g/mol. The van der Waals surface area contributed by atoms with Crippen molar-refractivity contribution in [2.75, 3.05) is 4.90 Å². The fourth-order valence-corrected chi connectivity index (χ4v) is 4.29. The first-order valence-electron chi connectivity index (χ1n) is 7.61. The number of fused-ring (bicyclic) bond motifs is 3. The number of carboxylic acid groups (broad SMARTS) is 1. The molecule has 3 unspecified atom stereocenters. The molecule has 3 N–H and O–H groups in total. The van der Waals surface area contributed by atoms with E-state index in [0.29, 0.717) is 10.5 Å². The van der Waals surface area contributed by atoms with E-state index in [1.54, 1.807) is 4.57 Å². The second kappa shape index (κ2) is 6.01. The zero-order valence-electron chi connectivity index (χ0n) is 13.7. The van der Waals surface area contributed by atoms with Gasteiger partial charge < -0.3 is 24.8 Å². The summed E-state index contributed by atoms with van der Waals surface area (Å²) >= 11 is 1.25. The number of hydrogen-bond acceptors (Lipinski definition) is 6. The maximum absolute atomic E-state index is 14.6. The molecule has 134 valence electrons. The summed E-state index contributed by atoms with van der Waals surface area (Å²) in [5.74, 6) is -2.18. The van der Waals surface area contributed by atoms with Gasteiger partial charge in [-0.2, -0.15) is 0 Å². The molecule has 0 fully saturated rings. The predicted octanol–water partition coefficient (Wildman–Crippen LogP) is 1.95. The van der Waals surface area contributed by atoms with Crippen LogP contribution in [0, 0.1) is 5.82 Å². The minimum absolute atomic E-state index is 0.0503. The number of aromatic nitrogens is 1. The van der Waals surface area contributed by atoms with E-state index in [4.69, 9.17) is 0 Å². The number of pyridine rings is 1. The Morgan fingerprint density at radius 3 is 2.40 bits per heavy atom. The first-order chi connectivity index (χ1) is 11.6. The fraction of sp³-hybridized carbons (Fsp3) is 0.375. The first kappa shape index (κ1) is 17.7. The first-order valence-corrected chi connectivity index (χ1v) is 8.49. The molecule has 7 nitrogen and oxygen atoms in total. The van der Waals surface area contributed by atoms with Crippen LogP contribution in [-0.4, -0.2) is 38.3 Å². The van der Waals surface area contributed by atoms with Gasteiger partial charge >= 0.3 is 5.97 Å². The van der Waals surface area contributed by atoms with Crippen LogP contribution in [0.25, 0.3) is 10.9 Å². The zero-order chi connectivity index (χ0) is 18.6. The van der Waals surface area contributed by atoms with Crippen molar-refractivity contribution in [2.24, 2.45) is 0 Å². The third-order valence-electron chi connectivity index (χ3n) is 4.17. The summed E-state index contributed by atoms with van der Waals surface area (Å²) in [6, 6.07) is 2.32. The van der Waals surface area contributed by atoms with Gasteiger partial charge in [0.15, 0.2) is 0 Å². The van der Waals surface area contributed by atoms with Crippen molar-refractivity contribution in [2.45, 2.75) is 43.6 Å². The van der Waals surface area contributed by atoms with Crippen LogP contribution >= 0.6 is 11.8 Å². The van der Waals surface area contributed by atoms with Gasteiger partial charge in [0.25, 0.3) is 0 Å². The second-order valence-corrected chi connectivity index (χ2v) is 7.20. The predicted molar refractivity (Wildman–Crippen MR) is 91.5 cm³/mol. The van der Waals surface area contributed by atoms with Gasteiger partial charge in [-0.3, -0.25) is 4.79 Å².